The van der Waals surface area contributed by atoms with Gasteiger partial charge >= 0.3 is 5.97 Å². The van der Waals surface area contributed by atoms with Crippen LogP contribution >= 0.6 is 11.6 Å². The number of para-hydroxylation sites is 1. The number of piperidine rings is 1. The van der Waals surface area contributed by atoms with Crippen molar-refractivity contribution in [2.75, 3.05) is 36.5 Å². The lowest BCUT2D eigenvalue weighted by atomic mass is 9.82. The fraction of sp³-hybridized carbons (Fsp3) is 0.485. The molecule has 4 rings (SSSR count). The summed E-state index contributed by atoms with van der Waals surface area (Å²) in [7, 11) is 0. The second-order valence-electron chi connectivity index (χ2n) is 12.7. The van der Waals surface area contributed by atoms with Gasteiger partial charge in [-0.3, -0.25) is 4.98 Å². The number of aryl methyl sites for hydroxylation is 2. The monoisotopic (exact) mass is 594 g/mol. The van der Waals surface area contributed by atoms with Crippen LogP contribution in [0.3, 0.4) is 0 Å². The van der Waals surface area contributed by atoms with Crippen LogP contribution in [0.4, 0.5) is 11.5 Å². The molecule has 0 unspecified atom stereocenters. The first kappa shape index (κ1) is 31.6. The molecular formula is C33H43ClN4O4. The third-order valence-corrected chi connectivity index (χ3v) is 7.87. The lowest BCUT2D eigenvalue weighted by Crippen LogP contribution is -2.39. The van der Waals surface area contributed by atoms with E-state index in [0.29, 0.717) is 41.0 Å². The number of nitrogens with zero attached hydrogens (tertiary/aromatic N) is 3. The van der Waals surface area contributed by atoms with E-state index in [1.54, 1.807) is 6.20 Å². The minimum atomic E-state index is -1.15. The number of hydrogen-bond donors (Lipinski definition) is 2. The molecule has 1 fully saturated rings. The summed E-state index contributed by atoms with van der Waals surface area (Å²) in [6, 6.07) is 9.59. The zero-order valence-electron chi connectivity index (χ0n) is 25.8. The number of aliphatic carboxylic acids is 1. The zero-order chi connectivity index (χ0) is 30.7. The Hall–Kier alpha value is -3.36. The van der Waals surface area contributed by atoms with E-state index in [4.69, 9.17) is 21.1 Å². The van der Waals surface area contributed by atoms with Gasteiger partial charge in [-0.05, 0) is 76.6 Å². The summed E-state index contributed by atoms with van der Waals surface area (Å²) < 4.78 is 12.0. The van der Waals surface area contributed by atoms with E-state index in [-0.39, 0.29) is 5.41 Å². The van der Waals surface area contributed by atoms with Crippen molar-refractivity contribution in [3.8, 4) is 16.9 Å². The maximum absolute atomic E-state index is 12.6. The third kappa shape index (κ3) is 7.72. The molecule has 1 saturated heterocycles. The van der Waals surface area contributed by atoms with Crippen molar-refractivity contribution in [3.05, 3.63) is 64.6 Å². The standard InChI is InChI=1S/C33H43ClN4O4/c1-21-9-8-10-25(34)29(21)41-18-15-35-26-12-11-23(19-37-26)24-20-36-22(2)27(30(31(39)40)42-32(3,4)5)28(24)38-16-13-33(6,7)14-17-38/h8-12,19-20,30H,13-18H2,1-7H3,(H,35,37)(H,39,40)/t30-/m0/s1. The first-order chi connectivity index (χ1) is 19.8. The number of aromatic nitrogens is 2. The van der Waals surface area contributed by atoms with E-state index >= 15 is 0 Å². The summed E-state index contributed by atoms with van der Waals surface area (Å²) in [6.07, 6.45) is 4.48. The van der Waals surface area contributed by atoms with Gasteiger partial charge in [0, 0.05) is 47.9 Å². The number of carboxylic acids is 1. The highest BCUT2D eigenvalue weighted by Crippen LogP contribution is 2.43. The van der Waals surface area contributed by atoms with Crippen LogP contribution in [-0.2, 0) is 9.53 Å². The highest BCUT2D eigenvalue weighted by molar-refractivity contribution is 6.32. The summed E-state index contributed by atoms with van der Waals surface area (Å²) in [5.41, 5.74) is 4.38. The number of carbonyl (C=O) groups is 1. The van der Waals surface area contributed by atoms with Gasteiger partial charge in [-0.15, -0.1) is 0 Å². The number of rotatable bonds is 10. The molecule has 0 amide bonds. The molecule has 2 aromatic heterocycles. The van der Waals surface area contributed by atoms with Crippen LogP contribution in [-0.4, -0.2) is 52.9 Å². The van der Waals surface area contributed by atoms with E-state index < -0.39 is 17.7 Å². The van der Waals surface area contributed by atoms with Gasteiger partial charge in [0.25, 0.3) is 0 Å². The number of benzene rings is 1. The number of anilines is 2. The van der Waals surface area contributed by atoms with Crippen LogP contribution in [0.1, 0.15) is 70.4 Å². The average Bonchev–Trinajstić information content (AvgIpc) is 2.91. The molecule has 3 aromatic rings. The number of nitrogens with one attached hydrogen (secondary N) is 1. The Bertz CT molecular complexity index is 1370. The topological polar surface area (TPSA) is 96.8 Å². The largest absolute Gasteiger partial charge is 0.490 e. The summed E-state index contributed by atoms with van der Waals surface area (Å²) in [5.74, 6) is 0.368. The van der Waals surface area contributed by atoms with Crippen molar-refractivity contribution in [3.63, 3.8) is 0 Å². The maximum Gasteiger partial charge on any atom is 0.337 e. The van der Waals surface area contributed by atoms with Crippen molar-refractivity contribution in [1.29, 1.82) is 0 Å². The molecule has 1 atom stereocenters. The molecule has 9 heteroatoms. The van der Waals surface area contributed by atoms with Crippen molar-refractivity contribution >= 4 is 29.1 Å². The summed E-state index contributed by atoms with van der Waals surface area (Å²) in [6.45, 7) is 16.6. The lowest BCUT2D eigenvalue weighted by molar-refractivity contribution is -0.160. The van der Waals surface area contributed by atoms with E-state index in [9.17, 15) is 9.90 Å². The number of halogens is 1. The van der Waals surface area contributed by atoms with Gasteiger partial charge in [0.1, 0.15) is 18.2 Å². The quantitative estimate of drug-likeness (QED) is 0.233. The van der Waals surface area contributed by atoms with Gasteiger partial charge < -0.3 is 24.8 Å². The van der Waals surface area contributed by atoms with Gasteiger partial charge in [0.15, 0.2) is 6.10 Å². The van der Waals surface area contributed by atoms with Crippen LogP contribution in [0.15, 0.2) is 42.7 Å². The normalized spacial score (nSPS) is 15.8. The van der Waals surface area contributed by atoms with Crippen LogP contribution in [0.25, 0.3) is 11.1 Å². The van der Waals surface area contributed by atoms with Gasteiger partial charge in [0.05, 0.1) is 22.9 Å². The Balaban J connectivity index is 1.62. The molecule has 1 aliphatic rings. The van der Waals surface area contributed by atoms with Crippen molar-refractivity contribution < 1.29 is 19.4 Å². The fourth-order valence-corrected chi connectivity index (χ4v) is 5.46. The smallest absolute Gasteiger partial charge is 0.337 e. The second kappa shape index (κ2) is 12.9. The molecule has 2 N–H and O–H groups in total. The molecule has 0 radical (unpaired) electrons. The Kier molecular flexibility index (Phi) is 9.68. The molecular weight excluding hydrogens is 552 g/mol. The van der Waals surface area contributed by atoms with Crippen molar-refractivity contribution in [2.45, 2.75) is 73.0 Å². The highest BCUT2D eigenvalue weighted by Gasteiger charge is 2.35. The zero-order valence-corrected chi connectivity index (χ0v) is 26.5. The number of carboxylic acid groups (broad SMARTS) is 1. The third-order valence-electron chi connectivity index (χ3n) is 7.57. The molecule has 226 valence electrons. The number of hydrogen-bond acceptors (Lipinski definition) is 7. The van der Waals surface area contributed by atoms with Gasteiger partial charge in [-0.25, -0.2) is 9.78 Å². The fourth-order valence-electron chi connectivity index (χ4n) is 5.19. The van der Waals surface area contributed by atoms with E-state index in [0.717, 1.165) is 48.3 Å². The number of pyridine rings is 2. The number of ether oxygens (including phenoxy) is 2. The summed E-state index contributed by atoms with van der Waals surface area (Å²) >= 11 is 6.27. The van der Waals surface area contributed by atoms with Crippen molar-refractivity contribution in [2.24, 2.45) is 5.41 Å². The predicted molar refractivity (Wildman–Crippen MR) is 169 cm³/mol. The average molecular weight is 595 g/mol. The minimum absolute atomic E-state index is 0.232. The molecule has 8 nitrogen and oxygen atoms in total. The van der Waals surface area contributed by atoms with E-state index in [2.05, 4.69) is 34.0 Å². The maximum atomic E-state index is 12.6. The van der Waals surface area contributed by atoms with Gasteiger partial charge in [-0.2, -0.15) is 0 Å². The van der Waals surface area contributed by atoms with Gasteiger partial charge in [0.2, 0.25) is 0 Å². The van der Waals surface area contributed by atoms with E-state index in [1.165, 1.54) is 0 Å². The minimum Gasteiger partial charge on any atom is -0.490 e. The lowest BCUT2D eigenvalue weighted by Gasteiger charge is -2.40. The summed E-state index contributed by atoms with van der Waals surface area (Å²) in [5, 5.41) is 14.2. The Morgan fingerprint density at radius 1 is 1.12 bits per heavy atom. The summed E-state index contributed by atoms with van der Waals surface area (Å²) in [4.78, 5) is 24.2. The molecule has 1 aromatic carbocycles. The Labute approximate surface area is 254 Å². The molecule has 1 aliphatic heterocycles. The second-order valence-corrected chi connectivity index (χ2v) is 13.1. The SMILES string of the molecule is Cc1cccc(Cl)c1OCCNc1ccc(-c2cnc(C)c([C@H](OC(C)(C)C)C(=O)O)c2N2CCC(C)(C)CC2)cn1. The Morgan fingerprint density at radius 3 is 2.43 bits per heavy atom. The first-order valence-corrected chi connectivity index (χ1v) is 14.9. The molecule has 42 heavy (non-hydrogen) atoms. The Morgan fingerprint density at radius 2 is 1.83 bits per heavy atom. The van der Waals surface area contributed by atoms with Crippen molar-refractivity contribution in [1.82, 2.24) is 9.97 Å². The van der Waals surface area contributed by atoms with Crippen LogP contribution in [0.5, 0.6) is 5.75 Å². The highest BCUT2D eigenvalue weighted by atomic mass is 35.5. The molecule has 0 spiro atoms. The first-order valence-electron chi connectivity index (χ1n) is 14.5. The van der Waals surface area contributed by atoms with E-state index in [1.807, 2.05) is 71.1 Å². The molecule has 0 bridgehead atoms. The molecule has 3 heterocycles. The van der Waals surface area contributed by atoms with Gasteiger partial charge in [-0.1, -0.05) is 37.6 Å². The molecule has 0 saturated carbocycles. The predicted octanol–water partition coefficient (Wildman–Crippen LogP) is 7.47. The van der Waals surface area contributed by atoms with Crippen LogP contribution in [0.2, 0.25) is 5.02 Å². The molecule has 0 aliphatic carbocycles. The van der Waals surface area contributed by atoms with Crippen LogP contribution in [0, 0.1) is 19.3 Å². The van der Waals surface area contributed by atoms with Crippen LogP contribution < -0.4 is 15.0 Å².